The minimum absolute atomic E-state index is 0.204. The van der Waals surface area contributed by atoms with Crippen LogP contribution in [0.25, 0.3) is 10.8 Å². The molecule has 0 spiro atoms. The Bertz CT molecular complexity index is 1130. The highest BCUT2D eigenvalue weighted by Gasteiger charge is 2.42. The molecule has 0 aromatic heterocycles. The van der Waals surface area contributed by atoms with E-state index in [-0.39, 0.29) is 12.0 Å². The SMILES string of the molecule is CC(C)(C)OC(=O)N1C[C@H](OCc2ccccc2)C[C@H]1C(=O)NCc1cccc2ccccc12. The molecule has 3 aromatic rings. The molecule has 34 heavy (non-hydrogen) atoms. The van der Waals surface area contributed by atoms with Crippen LogP contribution in [-0.2, 0) is 27.4 Å². The molecule has 4 rings (SSSR count). The van der Waals surface area contributed by atoms with E-state index in [2.05, 4.69) is 17.4 Å². The molecule has 2 amide bonds. The fourth-order valence-corrected chi connectivity index (χ4v) is 4.22. The number of ether oxygens (including phenoxy) is 2. The van der Waals surface area contributed by atoms with Crippen molar-refractivity contribution < 1.29 is 19.1 Å². The highest BCUT2D eigenvalue weighted by molar-refractivity contribution is 5.88. The van der Waals surface area contributed by atoms with Crippen LogP contribution in [0.1, 0.15) is 38.3 Å². The van der Waals surface area contributed by atoms with E-state index in [0.717, 1.165) is 21.9 Å². The Morgan fingerprint density at radius 1 is 0.971 bits per heavy atom. The number of nitrogens with zero attached hydrogens (tertiary/aromatic N) is 1. The van der Waals surface area contributed by atoms with Crippen LogP contribution in [0.5, 0.6) is 0 Å². The van der Waals surface area contributed by atoms with E-state index >= 15 is 0 Å². The fourth-order valence-electron chi connectivity index (χ4n) is 4.22. The molecule has 0 radical (unpaired) electrons. The standard InChI is InChI=1S/C28H32N2O4/c1-28(2,3)34-27(32)30-18-23(33-19-20-10-5-4-6-11-20)16-25(30)26(31)29-17-22-14-9-13-21-12-7-8-15-24(21)22/h4-15,23,25H,16-19H2,1-3H3,(H,29,31)/t23-,25+/m1/s1. The summed E-state index contributed by atoms with van der Waals surface area (Å²) in [5.74, 6) is -0.204. The maximum absolute atomic E-state index is 13.2. The van der Waals surface area contributed by atoms with E-state index in [4.69, 9.17) is 9.47 Å². The molecule has 3 aromatic carbocycles. The molecular weight excluding hydrogens is 428 g/mol. The predicted molar refractivity (Wildman–Crippen MR) is 132 cm³/mol. The third-order valence-electron chi connectivity index (χ3n) is 5.85. The maximum atomic E-state index is 13.2. The van der Waals surface area contributed by atoms with Crippen molar-refractivity contribution >= 4 is 22.8 Å². The van der Waals surface area contributed by atoms with Crippen LogP contribution in [0, 0.1) is 0 Å². The number of fused-ring (bicyclic) bond motifs is 1. The van der Waals surface area contributed by atoms with Crippen LogP contribution in [0.15, 0.2) is 72.8 Å². The third kappa shape index (κ3) is 5.94. The largest absolute Gasteiger partial charge is 0.444 e. The van der Waals surface area contributed by atoms with Gasteiger partial charge in [-0.1, -0.05) is 72.8 Å². The molecule has 0 saturated carbocycles. The molecular formula is C28H32N2O4. The summed E-state index contributed by atoms with van der Waals surface area (Å²) in [6.45, 7) is 6.58. The number of hydrogen-bond acceptors (Lipinski definition) is 4. The number of amides is 2. The molecule has 1 fully saturated rings. The Labute approximate surface area is 200 Å². The number of benzene rings is 3. The molecule has 1 aliphatic rings. The summed E-state index contributed by atoms with van der Waals surface area (Å²) >= 11 is 0. The average molecular weight is 461 g/mol. The lowest BCUT2D eigenvalue weighted by molar-refractivity contribution is -0.125. The van der Waals surface area contributed by atoms with Crippen molar-refractivity contribution in [2.75, 3.05) is 6.54 Å². The number of nitrogens with one attached hydrogen (secondary N) is 1. The summed E-state index contributed by atoms with van der Waals surface area (Å²) in [7, 11) is 0. The zero-order valence-electron chi connectivity index (χ0n) is 20.0. The molecule has 0 aliphatic carbocycles. The first-order valence-corrected chi connectivity index (χ1v) is 11.7. The molecule has 0 bridgehead atoms. The summed E-state index contributed by atoms with van der Waals surface area (Å²) in [4.78, 5) is 27.7. The highest BCUT2D eigenvalue weighted by Crippen LogP contribution is 2.25. The number of hydrogen-bond donors (Lipinski definition) is 1. The Kier molecular flexibility index (Phi) is 7.17. The normalized spacial score (nSPS) is 18.1. The van der Waals surface area contributed by atoms with E-state index in [0.29, 0.717) is 26.1 Å². The zero-order chi connectivity index (χ0) is 24.1. The molecule has 178 valence electrons. The summed E-state index contributed by atoms with van der Waals surface area (Å²) < 4.78 is 11.7. The highest BCUT2D eigenvalue weighted by atomic mass is 16.6. The second kappa shape index (κ2) is 10.3. The van der Waals surface area contributed by atoms with Gasteiger partial charge in [-0.25, -0.2) is 4.79 Å². The van der Waals surface area contributed by atoms with E-state index < -0.39 is 17.7 Å². The molecule has 1 aliphatic heterocycles. The Morgan fingerprint density at radius 3 is 2.44 bits per heavy atom. The molecule has 2 atom stereocenters. The van der Waals surface area contributed by atoms with Gasteiger partial charge < -0.3 is 14.8 Å². The first-order chi connectivity index (χ1) is 16.3. The van der Waals surface area contributed by atoms with E-state index in [1.54, 1.807) is 0 Å². The van der Waals surface area contributed by atoms with Gasteiger partial charge in [0.05, 0.1) is 19.3 Å². The van der Waals surface area contributed by atoms with Gasteiger partial charge in [0.1, 0.15) is 11.6 Å². The van der Waals surface area contributed by atoms with Crippen molar-refractivity contribution in [1.29, 1.82) is 0 Å². The van der Waals surface area contributed by atoms with Gasteiger partial charge in [-0.15, -0.1) is 0 Å². The topological polar surface area (TPSA) is 67.9 Å². The minimum atomic E-state index is -0.649. The second-order valence-corrected chi connectivity index (χ2v) is 9.66. The van der Waals surface area contributed by atoms with Gasteiger partial charge in [0.15, 0.2) is 0 Å². The third-order valence-corrected chi connectivity index (χ3v) is 5.85. The molecule has 6 nitrogen and oxygen atoms in total. The van der Waals surface area contributed by atoms with Gasteiger partial charge in [-0.05, 0) is 42.7 Å². The van der Waals surface area contributed by atoms with Crippen molar-refractivity contribution in [2.45, 2.75) is 58.1 Å². The van der Waals surface area contributed by atoms with Crippen LogP contribution in [0.2, 0.25) is 0 Å². The van der Waals surface area contributed by atoms with E-state index in [9.17, 15) is 9.59 Å². The number of carbonyl (C=O) groups is 2. The summed E-state index contributed by atoms with van der Waals surface area (Å²) in [5.41, 5.74) is 1.43. The van der Waals surface area contributed by atoms with E-state index in [1.807, 2.05) is 81.4 Å². The van der Waals surface area contributed by atoms with Crippen molar-refractivity contribution in [1.82, 2.24) is 10.2 Å². The number of rotatable bonds is 6. The quantitative estimate of drug-likeness (QED) is 0.559. The van der Waals surface area contributed by atoms with Crippen molar-refractivity contribution in [3.8, 4) is 0 Å². The van der Waals surface area contributed by atoms with Gasteiger partial charge in [0.25, 0.3) is 0 Å². The van der Waals surface area contributed by atoms with Crippen LogP contribution in [-0.4, -0.2) is 41.2 Å². The first-order valence-electron chi connectivity index (χ1n) is 11.7. The number of likely N-dealkylation sites (tertiary alicyclic amines) is 1. The monoisotopic (exact) mass is 460 g/mol. The van der Waals surface area contributed by atoms with Crippen LogP contribution < -0.4 is 5.32 Å². The zero-order valence-corrected chi connectivity index (χ0v) is 20.0. The van der Waals surface area contributed by atoms with Crippen LogP contribution in [0.3, 0.4) is 0 Å². The molecule has 1 N–H and O–H groups in total. The Hall–Kier alpha value is -3.38. The summed E-state index contributed by atoms with van der Waals surface area (Å²) in [6.07, 6.45) is -0.322. The lowest BCUT2D eigenvalue weighted by Crippen LogP contribution is -2.47. The lowest BCUT2D eigenvalue weighted by atomic mass is 10.0. The second-order valence-electron chi connectivity index (χ2n) is 9.66. The van der Waals surface area contributed by atoms with Gasteiger partial charge in [-0.3, -0.25) is 9.69 Å². The van der Waals surface area contributed by atoms with Crippen molar-refractivity contribution in [3.05, 3.63) is 83.9 Å². The number of carbonyl (C=O) groups excluding carboxylic acids is 2. The average Bonchev–Trinajstić information content (AvgIpc) is 3.25. The lowest BCUT2D eigenvalue weighted by Gasteiger charge is -2.28. The first kappa shape index (κ1) is 23.8. The van der Waals surface area contributed by atoms with Crippen LogP contribution in [0.4, 0.5) is 4.79 Å². The Morgan fingerprint density at radius 2 is 1.68 bits per heavy atom. The maximum Gasteiger partial charge on any atom is 0.411 e. The summed E-state index contributed by atoms with van der Waals surface area (Å²) in [6, 6.07) is 23.4. The van der Waals surface area contributed by atoms with Gasteiger partial charge in [0.2, 0.25) is 5.91 Å². The van der Waals surface area contributed by atoms with Crippen LogP contribution >= 0.6 is 0 Å². The van der Waals surface area contributed by atoms with Gasteiger partial charge >= 0.3 is 6.09 Å². The molecule has 0 unspecified atom stereocenters. The van der Waals surface area contributed by atoms with Crippen molar-refractivity contribution in [3.63, 3.8) is 0 Å². The van der Waals surface area contributed by atoms with Gasteiger partial charge in [-0.2, -0.15) is 0 Å². The van der Waals surface area contributed by atoms with Crippen molar-refractivity contribution in [2.24, 2.45) is 0 Å². The van der Waals surface area contributed by atoms with Gasteiger partial charge in [0, 0.05) is 13.0 Å². The smallest absolute Gasteiger partial charge is 0.411 e. The predicted octanol–water partition coefficient (Wildman–Crippen LogP) is 5.05. The molecule has 1 heterocycles. The Balaban J connectivity index is 1.45. The fraction of sp³-hybridized carbons (Fsp3) is 0.357. The summed E-state index contributed by atoms with van der Waals surface area (Å²) in [5, 5.41) is 5.26. The molecule has 1 saturated heterocycles. The molecule has 6 heteroatoms. The minimum Gasteiger partial charge on any atom is -0.444 e. The van der Waals surface area contributed by atoms with E-state index in [1.165, 1.54) is 4.90 Å².